The maximum absolute atomic E-state index is 14.3. The number of benzene rings is 2. The summed E-state index contributed by atoms with van der Waals surface area (Å²) in [6.07, 6.45) is 5.35. The van der Waals surface area contributed by atoms with E-state index in [2.05, 4.69) is 35.5 Å². The van der Waals surface area contributed by atoms with Gasteiger partial charge in [0.1, 0.15) is 17.4 Å². The molecule has 0 radical (unpaired) electrons. The van der Waals surface area contributed by atoms with Crippen molar-refractivity contribution in [3.05, 3.63) is 100.0 Å². The van der Waals surface area contributed by atoms with Crippen LogP contribution in [0, 0.1) is 5.41 Å². The molecule has 4 aromatic heterocycles. The zero-order chi connectivity index (χ0) is 43.1. The van der Waals surface area contributed by atoms with Crippen molar-refractivity contribution in [2.75, 3.05) is 49.5 Å². The zero-order valence-corrected chi connectivity index (χ0v) is 34.6. The number of rotatable bonds is 10. The lowest BCUT2D eigenvalue weighted by atomic mass is 9.72. The van der Waals surface area contributed by atoms with Gasteiger partial charge in [-0.05, 0) is 79.6 Å². The number of nitrogens with zero attached hydrogens (tertiary/aromatic N) is 10. The number of para-hydroxylation sites is 1. The Hall–Kier alpha value is -6.31. The van der Waals surface area contributed by atoms with Gasteiger partial charge in [0.2, 0.25) is 11.8 Å². The third kappa shape index (κ3) is 6.98. The van der Waals surface area contributed by atoms with Crippen LogP contribution in [0.1, 0.15) is 71.8 Å². The number of carbonyl (C=O) groups is 3. The summed E-state index contributed by atoms with van der Waals surface area (Å²) < 4.78 is 40.3. The minimum atomic E-state index is -2.92. The highest BCUT2D eigenvalue weighted by atomic mass is 19.3. The summed E-state index contributed by atoms with van der Waals surface area (Å²) in [4.78, 5) is 63.1. The van der Waals surface area contributed by atoms with E-state index < -0.39 is 30.0 Å². The van der Waals surface area contributed by atoms with Crippen molar-refractivity contribution < 1.29 is 27.9 Å². The second-order valence-corrected chi connectivity index (χ2v) is 17.8. The van der Waals surface area contributed by atoms with Gasteiger partial charge in [0.05, 0.1) is 53.6 Å². The number of aryl methyl sites for hydroxylation is 1. The molecule has 9 heterocycles. The highest BCUT2D eigenvalue weighted by molar-refractivity contribution is 6.08. The average molecular weight is 861 g/mol. The molecular formula is C44H46F2N12O5. The molecule has 11 rings (SSSR count). The molecule has 0 aliphatic carbocycles. The van der Waals surface area contributed by atoms with E-state index in [1.54, 1.807) is 17.8 Å². The van der Waals surface area contributed by atoms with Crippen LogP contribution >= 0.6 is 0 Å². The number of amides is 3. The SMILES string of the molecule is Cn1c(=O)n(C2CCC(=O)NC2=O)c2cccc(CN3CC4(CCN(Cc5ccc(-n6cc(NC(=O)c7cnn8ccc(N9C[C@H]%10CC9CO%10)nc78)c(C(F)F)n6)cc5)CC4)C3)c21. The number of piperidine rings is 2. The monoisotopic (exact) mass is 860 g/mol. The molecule has 2 aromatic carbocycles. The van der Waals surface area contributed by atoms with Crippen molar-refractivity contribution in [3.63, 3.8) is 0 Å². The lowest BCUT2D eigenvalue weighted by molar-refractivity contribution is -0.135. The average Bonchev–Trinajstić information content (AvgIpc) is 4.11. The number of likely N-dealkylation sites (tertiary alicyclic amines) is 2. The van der Waals surface area contributed by atoms with E-state index in [4.69, 9.17) is 9.72 Å². The minimum Gasteiger partial charge on any atom is -0.374 e. The van der Waals surface area contributed by atoms with Crippen molar-refractivity contribution in [2.45, 2.75) is 69.8 Å². The molecule has 5 aliphatic heterocycles. The maximum Gasteiger partial charge on any atom is 0.329 e. The number of fused-ring (bicyclic) bond motifs is 4. The molecule has 63 heavy (non-hydrogen) atoms. The smallest absolute Gasteiger partial charge is 0.329 e. The molecule has 17 nitrogen and oxygen atoms in total. The van der Waals surface area contributed by atoms with Crippen LogP contribution in [-0.2, 0) is 34.5 Å². The van der Waals surface area contributed by atoms with Crippen LogP contribution < -0.4 is 21.2 Å². The van der Waals surface area contributed by atoms with Crippen LogP contribution in [-0.4, -0.2) is 113 Å². The van der Waals surface area contributed by atoms with Crippen LogP contribution in [0.4, 0.5) is 20.3 Å². The van der Waals surface area contributed by atoms with Crippen LogP contribution in [0.25, 0.3) is 22.4 Å². The largest absolute Gasteiger partial charge is 0.374 e. The number of carbonyl (C=O) groups excluding carboxylic acids is 3. The van der Waals surface area contributed by atoms with E-state index in [0.29, 0.717) is 42.2 Å². The maximum atomic E-state index is 14.3. The summed E-state index contributed by atoms with van der Waals surface area (Å²) in [5, 5.41) is 13.5. The predicted molar refractivity (Wildman–Crippen MR) is 226 cm³/mol. The summed E-state index contributed by atoms with van der Waals surface area (Å²) in [6.45, 7) is 6.64. The van der Waals surface area contributed by atoms with Gasteiger partial charge in [0.25, 0.3) is 12.3 Å². The van der Waals surface area contributed by atoms with Crippen LogP contribution in [0.15, 0.2) is 71.9 Å². The highest BCUT2D eigenvalue weighted by Gasteiger charge is 2.45. The molecule has 6 aromatic rings. The molecule has 0 saturated carbocycles. The third-order valence-corrected chi connectivity index (χ3v) is 13.7. The van der Waals surface area contributed by atoms with E-state index in [-0.39, 0.29) is 46.8 Å². The molecule has 2 unspecified atom stereocenters. The number of imidazole rings is 1. The number of nitrogens with one attached hydrogen (secondary N) is 2. The van der Waals surface area contributed by atoms with Gasteiger partial charge >= 0.3 is 5.69 Å². The Morgan fingerprint density at radius 2 is 1.84 bits per heavy atom. The van der Waals surface area contributed by atoms with Gasteiger partial charge in [-0.3, -0.25) is 38.6 Å². The number of hydrogen-bond donors (Lipinski definition) is 2. The van der Waals surface area contributed by atoms with E-state index in [9.17, 15) is 28.0 Å². The van der Waals surface area contributed by atoms with Crippen molar-refractivity contribution >= 4 is 45.9 Å². The molecule has 326 valence electrons. The molecule has 2 bridgehead atoms. The first-order chi connectivity index (χ1) is 30.5. The van der Waals surface area contributed by atoms with Crippen LogP contribution in [0.3, 0.4) is 0 Å². The first-order valence-electron chi connectivity index (χ1n) is 21.5. The number of morpholine rings is 1. The molecule has 3 amide bonds. The summed E-state index contributed by atoms with van der Waals surface area (Å²) in [5.74, 6) is -0.647. The lowest BCUT2D eigenvalue weighted by Gasteiger charge is -2.54. The third-order valence-electron chi connectivity index (χ3n) is 13.7. The molecule has 5 aliphatic rings. The quantitative estimate of drug-likeness (QED) is 0.192. The van der Waals surface area contributed by atoms with Gasteiger partial charge in [-0.15, -0.1) is 0 Å². The zero-order valence-electron chi connectivity index (χ0n) is 34.6. The van der Waals surface area contributed by atoms with Crippen molar-refractivity contribution in [1.82, 2.24) is 48.6 Å². The molecule has 2 N–H and O–H groups in total. The molecule has 1 spiro atoms. The number of anilines is 2. The topological polar surface area (TPSA) is 169 Å². The van der Waals surface area contributed by atoms with Gasteiger partial charge < -0.3 is 15.0 Å². The predicted octanol–water partition coefficient (Wildman–Crippen LogP) is 3.81. The Balaban J connectivity index is 0.705. The second kappa shape index (κ2) is 15.2. The Labute approximate surface area is 359 Å². The molecule has 19 heteroatoms. The van der Waals surface area contributed by atoms with E-state index in [1.807, 2.05) is 48.5 Å². The van der Waals surface area contributed by atoms with Crippen LogP contribution in [0.2, 0.25) is 0 Å². The van der Waals surface area contributed by atoms with Crippen LogP contribution in [0.5, 0.6) is 0 Å². The summed E-state index contributed by atoms with van der Waals surface area (Å²) in [5.41, 5.74) is 4.07. The van der Waals surface area contributed by atoms with Gasteiger partial charge in [-0.2, -0.15) is 10.2 Å². The Bertz CT molecular complexity index is 2850. The van der Waals surface area contributed by atoms with Crippen molar-refractivity contribution in [1.29, 1.82) is 0 Å². The number of alkyl halides is 2. The normalized spacial score (nSPS) is 22.5. The first kappa shape index (κ1) is 39.5. The Morgan fingerprint density at radius 1 is 1.03 bits per heavy atom. The number of aromatic nitrogens is 7. The fourth-order valence-corrected chi connectivity index (χ4v) is 10.5. The van der Waals surface area contributed by atoms with Gasteiger partial charge in [0, 0.05) is 52.4 Å². The summed E-state index contributed by atoms with van der Waals surface area (Å²) in [6, 6.07) is 14.9. The Morgan fingerprint density at radius 3 is 2.57 bits per heavy atom. The standard InChI is InChI=1S/C44H46F2N12O5/c1-52-38-27(3-2-4-33(38)58(43(52)62)34-9-10-36(59)50-42(34)61)20-54-24-44(25-54)12-15-53(16-13-44)19-26-5-7-28(8-6-26)57-22-32(37(51-57)39(45)46)48-41(60)31-18-47-56-14-11-35(49-40(31)56)55-21-30-17-29(55)23-63-30/h2-8,11,14,18,22,29-30,34,39H,9-10,12-13,15-17,19-21,23-25H2,1H3,(H,48,60)(H,50,59,61)/t29?,30-,34?/m1/s1. The van der Waals surface area contributed by atoms with Gasteiger partial charge in [0.15, 0.2) is 11.3 Å². The molecule has 5 fully saturated rings. The van der Waals surface area contributed by atoms with Crippen molar-refractivity contribution in [2.24, 2.45) is 12.5 Å². The Kier molecular flexibility index (Phi) is 9.54. The van der Waals surface area contributed by atoms with Gasteiger partial charge in [-0.25, -0.2) is 27.8 Å². The lowest BCUT2D eigenvalue weighted by Crippen LogP contribution is -2.59. The summed E-state index contributed by atoms with van der Waals surface area (Å²) >= 11 is 0. The number of imide groups is 1. The van der Waals surface area contributed by atoms with Crippen molar-refractivity contribution in [3.8, 4) is 5.69 Å². The second-order valence-electron chi connectivity index (χ2n) is 17.8. The number of hydrogen-bond acceptors (Lipinski definition) is 11. The number of ether oxygens (including phenoxy) is 1. The fourth-order valence-electron chi connectivity index (χ4n) is 10.5. The minimum absolute atomic E-state index is 0.0908. The van der Waals surface area contributed by atoms with E-state index >= 15 is 0 Å². The molecular weight excluding hydrogens is 815 g/mol. The van der Waals surface area contributed by atoms with E-state index in [1.165, 1.54) is 26.2 Å². The number of halogens is 2. The fraction of sp³-hybridized carbons (Fsp3) is 0.432. The highest BCUT2D eigenvalue weighted by Crippen LogP contribution is 2.42. The molecule has 5 saturated heterocycles. The first-order valence-corrected chi connectivity index (χ1v) is 21.5. The molecule has 3 atom stereocenters. The summed E-state index contributed by atoms with van der Waals surface area (Å²) in [7, 11) is 1.74. The van der Waals surface area contributed by atoms with E-state index in [0.717, 1.165) is 75.2 Å². The van der Waals surface area contributed by atoms with Gasteiger partial charge in [-0.1, -0.05) is 24.3 Å².